The Hall–Kier alpha value is -1.60. The van der Waals surface area contributed by atoms with E-state index in [-0.39, 0.29) is 0 Å². The fourth-order valence-electron chi connectivity index (χ4n) is 1.79. The van der Waals surface area contributed by atoms with Crippen LogP contribution in [-0.4, -0.2) is 5.24 Å². The van der Waals surface area contributed by atoms with Crippen LogP contribution in [0.2, 0.25) is 0 Å². The SMILES string of the molecule is Cc1ccc(-c2cc(C(=O)Cl)ccc2C)cc1. The number of carbonyl (C=O) groups is 1. The first kappa shape index (κ1) is 11.9. The van der Waals surface area contributed by atoms with Gasteiger partial charge in [0.2, 0.25) is 0 Å². The lowest BCUT2D eigenvalue weighted by Crippen LogP contribution is -1.91. The first-order chi connectivity index (χ1) is 8.08. The molecular weight excluding hydrogens is 232 g/mol. The van der Waals surface area contributed by atoms with Crippen molar-refractivity contribution in [2.75, 3.05) is 0 Å². The second-order valence-corrected chi connectivity index (χ2v) is 4.51. The molecule has 0 heterocycles. The van der Waals surface area contributed by atoms with Crippen LogP contribution in [-0.2, 0) is 0 Å². The van der Waals surface area contributed by atoms with Gasteiger partial charge in [0.25, 0.3) is 5.24 Å². The molecule has 0 saturated carbocycles. The molecule has 0 spiro atoms. The van der Waals surface area contributed by atoms with Crippen LogP contribution in [0, 0.1) is 13.8 Å². The zero-order chi connectivity index (χ0) is 12.4. The maximum absolute atomic E-state index is 11.2. The van der Waals surface area contributed by atoms with E-state index in [1.165, 1.54) is 5.56 Å². The van der Waals surface area contributed by atoms with Gasteiger partial charge in [-0.05, 0) is 54.3 Å². The molecule has 0 aliphatic heterocycles. The summed E-state index contributed by atoms with van der Waals surface area (Å²) in [6, 6.07) is 13.7. The lowest BCUT2D eigenvalue weighted by Gasteiger charge is -2.07. The van der Waals surface area contributed by atoms with E-state index in [0.717, 1.165) is 16.7 Å². The Morgan fingerprint density at radius 3 is 2.24 bits per heavy atom. The predicted octanol–water partition coefficient (Wildman–Crippen LogP) is 4.35. The minimum atomic E-state index is -0.418. The van der Waals surface area contributed by atoms with Crippen LogP contribution in [0.5, 0.6) is 0 Å². The average Bonchev–Trinajstić information content (AvgIpc) is 2.31. The molecule has 2 heteroatoms. The Bertz CT molecular complexity index is 556. The van der Waals surface area contributed by atoms with E-state index in [4.69, 9.17) is 11.6 Å². The molecule has 0 atom stereocenters. The summed E-state index contributed by atoms with van der Waals surface area (Å²) in [6.07, 6.45) is 0. The Labute approximate surface area is 106 Å². The number of hydrogen-bond donors (Lipinski definition) is 0. The van der Waals surface area contributed by atoms with E-state index >= 15 is 0 Å². The number of aryl methyl sites for hydroxylation is 2. The topological polar surface area (TPSA) is 17.1 Å². The molecule has 0 aliphatic carbocycles. The maximum Gasteiger partial charge on any atom is 0.252 e. The molecule has 0 unspecified atom stereocenters. The van der Waals surface area contributed by atoms with Gasteiger partial charge in [-0.25, -0.2) is 0 Å². The van der Waals surface area contributed by atoms with Crippen LogP contribution in [0.4, 0.5) is 0 Å². The Morgan fingerprint density at radius 2 is 1.65 bits per heavy atom. The van der Waals surface area contributed by atoms with Crippen LogP contribution in [0.25, 0.3) is 11.1 Å². The van der Waals surface area contributed by atoms with Crippen molar-refractivity contribution in [3.05, 3.63) is 59.2 Å². The molecule has 2 aromatic rings. The molecule has 1 nitrogen and oxygen atoms in total. The molecule has 2 aromatic carbocycles. The molecule has 0 saturated heterocycles. The normalized spacial score (nSPS) is 10.3. The fraction of sp³-hybridized carbons (Fsp3) is 0.133. The van der Waals surface area contributed by atoms with E-state index in [0.29, 0.717) is 5.56 Å². The average molecular weight is 245 g/mol. The van der Waals surface area contributed by atoms with E-state index in [1.54, 1.807) is 6.07 Å². The van der Waals surface area contributed by atoms with Crippen molar-refractivity contribution < 1.29 is 4.79 Å². The van der Waals surface area contributed by atoms with Gasteiger partial charge in [0.05, 0.1) is 0 Å². The third-order valence-corrected chi connectivity index (χ3v) is 3.05. The maximum atomic E-state index is 11.2. The standard InChI is InChI=1S/C15H13ClO/c1-10-3-6-12(7-4-10)14-9-13(15(16)17)8-5-11(14)2/h3-9H,1-2H3. The molecule has 0 N–H and O–H groups in total. The molecule has 0 fully saturated rings. The van der Waals surface area contributed by atoms with Crippen LogP contribution in [0.1, 0.15) is 21.5 Å². The van der Waals surface area contributed by atoms with Gasteiger partial charge in [0, 0.05) is 5.56 Å². The monoisotopic (exact) mass is 244 g/mol. The fourth-order valence-corrected chi connectivity index (χ4v) is 1.91. The first-order valence-corrected chi connectivity index (χ1v) is 5.83. The van der Waals surface area contributed by atoms with Gasteiger partial charge in [0.1, 0.15) is 0 Å². The van der Waals surface area contributed by atoms with Crippen molar-refractivity contribution in [2.24, 2.45) is 0 Å². The highest BCUT2D eigenvalue weighted by Gasteiger charge is 2.07. The smallest absolute Gasteiger partial charge is 0.252 e. The highest BCUT2D eigenvalue weighted by atomic mass is 35.5. The third kappa shape index (κ3) is 2.56. The quantitative estimate of drug-likeness (QED) is 0.718. The van der Waals surface area contributed by atoms with Crippen LogP contribution in [0.3, 0.4) is 0 Å². The van der Waals surface area contributed by atoms with Gasteiger partial charge >= 0.3 is 0 Å². The van der Waals surface area contributed by atoms with Gasteiger partial charge in [0.15, 0.2) is 0 Å². The molecule has 0 bridgehead atoms. The predicted molar refractivity (Wildman–Crippen MR) is 71.5 cm³/mol. The first-order valence-electron chi connectivity index (χ1n) is 5.45. The Kier molecular flexibility index (Phi) is 3.30. The summed E-state index contributed by atoms with van der Waals surface area (Å²) in [4.78, 5) is 11.2. The van der Waals surface area contributed by atoms with E-state index < -0.39 is 5.24 Å². The van der Waals surface area contributed by atoms with Crippen molar-refractivity contribution in [3.63, 3.8) is 0 Å². The van der Waals surface area contributed by atoms with Gasteiger partial charge < -0.3 is 0 Å². The second kappa shape index (κ2) is 4.72. The summed E-state index contributed by atoms with van der Waals surface area (Å²) in [5.74, 6) is 0. The number of rotatable bonds is 2. The number of hydrogen-bond acceptors (Lipinski definition) is 1. The van der Waals surface area contributed by atoms with E-state index in [1.807, 2.05) is 19.1 Å². The highest BCUT2D eigenvalue weighted by Crippen LogP contribution is 2.25. The number of halogens is 1. The van der Waals surface area contributed by atoms with Crippen LogP contribution >= 0.6 is 11.6 Å². The molecule has 0 radical (unpaired) electrons. The number of carbonyl (C=O) groups excluding carboxylic acids is 1. The highest BCUT2D eigenvalue weighted by molar-refractivity contribution is 6.67. The molecule has 0 aromatic heterocycles. The minimum absolute atomic E-state index is 0.418. The molecule has 0 aliphatic rings. The molecule has 17 heavy (non-hydrogen) atoms. The third-order valence-electron chi connectivity index (χ3n) is 2.83. The van der Waals surface area contributed by atoms with Gasteiger partial charge in [-0.15, -0.1) is 0 Å². The summed E-state index contributed by atoms with van der Waals surface area (Å²) < 4.78 is 0. The van der Waals surface area contributed by atoms with Gasteiger partial charge in [-0.3, -0.25) is 4.79 Å². The number of benzene rings is 2. The van der Waals surface area contributed by atoms with Gasteiger partial charge in [-0.2, -0.15) is 0 Å². The van der Waals surface area contributed by atoms with Crippen molar-refractivity contribution in [1.29, 1.82) is 0 Å². The summed E-state index contributed by atoms with van der Waals surface area (Å²) >= 11 is 5.50. The van der Waals surface area contributed by atoms with Crippen molar-refractivity contribution in [3.8, 4) is 11.1 Å². The van der Waals surface area contributed by atoms with E-state index in [2.05, 4.69) is 31.2 Å². The minimum Gasteiger partial charge on any atom is -0.276 e. The van der Waals surface area contributed by atoms with Crippen molar-refractivity contribution >= 4 is 16.8 Å². The zero-order valence-electron chi connectivity index (χ0n) is 9.83. The lowest BCUT2D eigenvalue weighted by atomic mass is 9.98. The molecular formula is C15H13ClO. The summed E-state index contributed by atoms with van der Waals surface area (Å²) in [7, 11) is 0. The zero-order valence-corrected chi connectivity index (χ0v) is 10.6. The van der Waals surface area contributed by atoms with Crippen LogP contribution < -0.4 is 0 Å². The summed E-state index contributed by atoms with van der Waals surface area (Å²) in [5.41, 5.74) is 5.05. The van der Waals surface area contributed by atoms with E-state index in [9.17, 15) is 4.79 Å². The van der Waals surface area contributed by atoms with Gasteiger partial charge in [-0.1, -0.05) is 35.9 Å². The van der Waals surface area contributed by atoms with Crippen molar-refractivity contribution in [2.45, 2.75) is 13.8 Å². The molecule has 0 amide bonds. The summed E-state index contributed by atoms with van der Waals surface area (Å²) in [6.45, 7) is 4.08. The second-order valence-electron chi connectivity index (χ2n) is 4.17. The van der Waals surface area contributed by atoms with Crippen molar-refractivity contribution in [1.82, 2.24) is 0 Å². The molecule has 86 valence electrons. The van der Waals surface area contributed by atoms with Crippen LogP contribution in [0.15, 0.2) is 42.5 Å². The lowest BCUT2D eigenvalue weighted by molar-refractivity contribution is 0.108. The Balaban J connectivity index is 2.54. The summed E-state index contributed by atoms with van der Waals surface area (Å²) in [5, 5.41) is -0.418. The largest absolute Gasteiger partial charge is 0.276 e. The Morgan fingerprint density at radius 1 is 1.00 bits per heavy atom. The molecule has 2 rings (SSSR count).